The van der Waals surface area contributed by atoms with E-state index >= 15 is 0 Å². The van der Waals surface area contributed by atoms with Gasteiger partial charge in [0.15, 0.2) is 12.4 Å². The van der Waals surface area contributed by atoms with Crippen molar-refractivity contribution in [3.8, 4) is 5.75 Å². The highest BCUT2D eigenvalue weighted by molar-refractivity contribution is 5.82. The number of carbonyl (C=O) groups excluding carboxylic acids is 2. The summed E-state index contributed by atoms with van der Waals surface area (Å²) in [6, 6.07) is 3.51. The topological polar surface area (TPSA) is 68.3 Å². The minimum absolute atomic E-state index is 0.111. The zero-order chi connectivity index (χ0) is 15.1. The maximum atomic E-state index is 12.0. The Balaban J connectivity index is 2.68. The van der Waals surface area contributed by atoms with Gasteiger partial charge in [0.05, 0.1) is 0 Å². The van der Waals surface area contributed by atoms with Gasteiger partial charge in [-0.25, -0.2) is 4.98 Å². The third kappa shape index (κ3) is 4.64. The Kier molecular flexibility index (Phi) is 6.15. The van der Waals surface area contributed by atoms with E-state index in [1.54, 1.807) is 26.0 Å². The Labute approximate surface area is 119 Å². The van der Waals surface area contributed by atoms with E-state index in [2.05, 4.69) is 17.2 Å². The lowest BCUT2D eigenvalue weighted by Crippen LogP contribution is -2.41. The van der Waals surface area contributed by atoms with Gasteiger partial charge < -0.3 is 10.1 Å². The maximum absolute atomic E-state index is 12.0. The Bertz CT molecular complexity index is 474. The second kappa shape index (κ2) is 7.62. The molecule has 0 aliphatic rings. The number of carbonyl (C=O) groups is 2. The van der Waals surface area contributed by atoms with Crippen molar-refractivity contribution >= 4 is 12.2 Å². The molecule has 0 fully saturated rings. The highest BCUT2D eigenvalue weighted by atomic mass is 16.5. The number of hydrogen-bond acceptors (Lipinski definition) is 4. The highest BCUT2D eigenvalue weighted by Crippen LogP contribution is 2.16. The van der Waals surface area contributed by atoms with Gasteiger partial charge in [0, 0.05) is 11.7 Å². The predicted molar refractivity (Wildman–Crippen MR) is 77.0 cm³/mol. The molecule has 2 unspecified atom stereocenters. The summed E-state index contributed by atoms with van der Waals surface area (Å²) in [4.78, 5) is 27.0. The molecular formula is C15H22N2O3. The lowest BCUT2D eigenvalue weighted by molar-refractivity contribution is -0.127. The van der Waals surface area contributed by atoms with E-state index < -0.39 is 6.10 Å². The molecule has 5 heteroatoms. The largest absolute Gasteiger partial charge is 0.479 e. The fraction of sp³-hybridized carbons (Fsp3) is 0.533. The minimum Gasteiger partial charge on any atom is -0.479 e. The van der Waals surface area contributed by atoms with Crippen molar-refractivity contribution in [1.29, 1.82) is 0 Å². The Hall–Kier alpha value is -1.91. The molecule has 5 nitrogen and oxygen atoms in total. The van der Waals surface area contributed by atoms with Gasteiger partial charge in [0.2, 0.25) is 0 Å². The molecule has 1 amide bonds. The van der Waals surface area contributed by atoms with Gasteiger partial charge in [-0.3, -0.25) is 9.59 Å². The van der Waals surface area contributed by atoms with Crippen LogP contribution in [0.5, 0.6) is 5.75 Å². The van der Waals surface area contributed by atoms with Crippen molar-refractivity contribution in [2.75, 3.05) is 0 Å². The Morgan fingerprint density at radius 2 is 2.15 bits per heavy atom. The molecule has 1 rings (SSSR count). The van der Waals surface area contributed by atoms with Crippen LogP contribution in [-0.4, -0.2) is 29.3 Å². The van der Waals surface area contributed by atoms with Gasteiger partial charge in [-0.15, -0.1) is 0 Å². The fourth-order valence-electron chi connectivity index (χ4n) is 1.86. The molecule has 20 heavy (non-hydrogen) atoms. The number of pyridine rings is 1. The zero-order valence-corrected chi connectivity index (χ0v) is 12.5. The van der Waals surface area contributed by atoms with Crippen LogP contribution >= 0.6 is 0 Å². The molecular weight excluding hydrogens is 256 g/mol. The first kappa shape index (κ1) is 16.1. The summed E-state index contributed by atoms with van der Waals surface area (Å²) >= 11 is 0. The molecule has 2 atom stereocenters. The number of aldehydes is 1. The van der Waals surface area contributed by atoms with E-state index in [1.165, 1.54) is 0 Å². The van der Waals surface area contributed by atoms with Crippen LogP contribution < -0.4 is 10.1 Å². The first-order valence-corrected chi connectivity index (χ1v) is 6.87. The average molecular weight is 278 g/mol. The van der Waals surface area contributed by atoms with Crippen molar-refractivity contribution in [2.45, 2.75) is 52.7 Å². The molecule has 0 aromatic carbocycles. The van der Waals surface area contributed by atoms with Crippen LogP contribution in [0.1, 0.15) is 49.8 Å². The number of amides is 1. The Morgan fingerprint density at radius 1 is 1.45 bits per heavy atom. The third-order valence-electron chi connectivity index (χ3n) is 2.92. The lowest BCUT2D eigenvalue weighted by Gasteiger charge is -2.18. The van der Waals surface area contributed by atoms with Gasteiger partial charge in [-0.1, -0.05) is 13.3 Å². The van der Waals surface area contributed by atoms with Crippen molar-refractivity contribution in [3.63, 3.8) is 0 Å². The maximum Gasteiger partial charge on any atom is 0.260 e. The molecule has 1 heterocycles. The van der Waals surface area contributed by atoms with Crippen LogP contribution in [0.2, 0.25) is 0 Å². The molecule has 1 aromatic heterocycles. The van der Waals surface area contributed by atoms with Crippen LogP contribution in [0, 0.1) is 6.92 Å². The van der Waals surface area contributed by atoms with E-state index in [4.69, 9.17) is 4.74 Å². The zero-order valence-electron chi connectivity index (χ0n) is 12.5. The van der Waals surface area contributed by atoms with Crippen LogP contribution in [0.3, 0.4) is 0 Å². The number of ether oxygens (including phenoxy) is 1. The van der Waals surface area contributed by atoms with Crippen molar-refractivity contribution in [1.82, 2.24) is 10.3 Å². The van der Waals surface area contributed by atoms with E-state index in [1.807, 2.05) is 6.92 Å². The summed E-state index contributed by atoms with van der Waals surface area (Å²) in [6.07, 6.45) is 1.89. The number of rotatable bonds is 7. The number of hydrogen-bond donors (Lipinski definition) is 1. The molecule has 0 radical (unpaired) electrons. The normalized spacial score (nSPS) is 13.4. The van der Waals surface area contributed by atoms with E-state index in [9.17, 15) is 9.59 Å². The highest BCUT2D eigenvalue weighted by Gasteiger charge is 2.18. The molecule has 0 saturated heterocycles. The summed E-state index contributed by atoms with van der Waals surface area (Å²) in [7, 11) is 0. The second-order valence-electron chi connectivity index (χ2n) is 4.91. The average Bonchev–Trinajstić information content (AvgIpc) is 2.40. The number of nitrogens with one attached hydrogen (secondary N) is 1. The summed E-state index contributed by atoms with van der Waals surface area (Å²) in [5, 5.41) is 2.88. The second-order valence-corrected chi connectivity index (χ2v) is 4.91. The predicted octanol–water partition coefficient (Wildman–Crippen LogP) is 2.27. The number of aromatic nitrogens is 1. The van der Waals surface area contributed by atoms with Crippen LogP contribution in [0.4, 0.5) is 0 Å². The van der Waals surface area contributed by atoms with Crippen molar-refractivity contribution in [3.05, 3.63) is 23.5 Å². The van der Waals surface area contributed by atoms with E-state index in [-0.39, 0.29) is 17.6 Å². The molecule has 1 aromatic rings. The lowest BCUT2D eigenvalue weighted by atomic mass is 10.2. The van der Waals surface area contributed by atoms with Gasteiger partial charge in [0.25, 0.3) is 5.91 Å². The summed E-state index contributed by atoms with van der Waals surface area (Å²) in [5.74, 6) is 0.139. The third-order valence-corrected chi connectivity index (χ3v) is 2.92. The first-order chi connectivity index (χ1) is 9.47. The molecule has 0 spiro atoms. The molecule has 1 N–H and O–H groups in total. The molecule has 0 bridgehead atoms. The standard InChI is InChI=1S/C15H22N2O3/c1-5-6-10(2)17-15(19)12(4)20-14-8-7-11(3)16-13(14)9-18/h7-10,12H,5-6H2,1-4H3,(H,17,19). The minimum atomic E-state index is -0.669. The molecule has 0 saturated carbocycles. The summed E-state index contributed by atoms with van der Waals surface area (Å²) in [5.41, 5.74) is 0.944. The fourth-order valence-corrected chi connectivity index (χ4v) is 1.86. The van der Waals surface area contributed by atoms with Gasteiger partial charge in [-0.05, 0) is 39.3 Å². The first-order valence-electron chi connectivity index (χ1n) is 6.87. The molecule has 0 aliphatic heterocycles. The van der Waals surface area contributed by atoms with Crippen LogP contribution in [0.25, 0.3) is 0 Å². The molecule has 0 aliphatic carbocycles. The van der Waals surface area contributed by atoms with E-state index in [0.717, 1.165) is 18.5 Å². The monoisotopic (exact) mass is 278 g/mol. The smallest absolute Gasteiger partial charge is 0.260 e. The quantitative estimate of drug-likeness (QED) is 0.777. The van der Waals surface area contributed by atoms with Crippen molar-refractivity contribution < 1.29 is 14.3 Å². The van der Waals surface area contributed by atoms with E-state index in [0.29, 0.717) is 12.0 Å². The van der Waals surface area contributed by atoms with Gasteiger partial charge in [0.1, 0.15) is 11.4 Å². The van der Waals surface area contributed by atoms with Gasteiger partial charge >= 0.3 is 0 Å². The molecule has 110 valence electrons. The van der Waals surface area contributed by atoms with Gasteiger partial charge in [-0.2, -0.15) is 0 Å². The van der Waals surface area contributed by atoms with Crippen LogP contribution in [-0.2, 0) is 4.79 Å². The van der Waals surface area contributed by atoms with Crippen molar-refractivity contribution in [2.24, 2.45) is 0 Å². The van der Waals surface area contributed by atoms with Crippen LogP contribution in [0.15, 0.2) is 12.1 Å². The summed E-state index contributed by atoms with van der Waals surface area (Å²) < 4.78 is 5.53. The number of nitrogens with zero attached hydrogens (tertiary/aromatic N) is 1. The summed E-state index contributed by atoms with van der Waals surface area (Å²) in [6.45, 7) is 7.47. The Morgan fingerprint density at radius 3 is 2.75 bits per heavy atom. The number of aryl methyl sites for hydroxylation is 1. The SMILES string of the molecule is CCCC(C)NC(=O)C(C)Oc1ccc(C)nc1C=O.